The Morgan fingerprint density at radius 2 is 1.43 bits per heavy atom. The first kappa shape index (κ1) is 23.6. The number of aldehydes is 1. The number of benzene rings is 2. The highest BCUT2D eigenvalue weighted by Gasteiger charge is 2.34. The van der Waals surface area contributed by atoms with Gasteiger partial charge in [0.1, 0.15) is 11.9 Å². The quantitative estimate of drug-likeness (QED) is 0.634. The lowest BCUT2D eigenvalue weighted by Crippen LogP contribution is -2.53. The molecule has 30 heavy (non-hydrogen) atoms. The van der Waals surface area contributed by atoms with Crippen LogP contribution < -0.4 is 5.32 Å². The molecule has 1 N–H and O–H groups in total. The fourth-order valence-electron chi connectivity index (χ4n) is 3.36. The van der Waals surface area contributed by atoms with Crippen LogP contribution in [0.25, 0.3) is 0 Å². The Hall–Kier alpha value is -2.66. The second kappa shape index (κ2) is 9.90. The van der Waals surface area contributed by atoms with E-state index in [1.807, 2.05) is 78.1 Å². The maximum Gasteiger partial charge on any atom is 0.407 e. The summed E-state index contributed by atoms with van der Waals surface area (Å²) in [6.45, 7) is 9.59. The lowest BCUT2D eigenvalue weighted by molar-refractivity contribution is -0.116. The number of carbonyl (C=O) groups excluding carboxylic acids is 2. The molecule has 0 saturated heterocycles. The second-order valence-corrected chi connectivity index (χ2v) is 9.30. The third-order valence-electron chi connectivity index (χ3n) is 5.03. The van der Waals surface area contributed by atoms with Crippen LogP contribution in [0.15, 0.2) is 60.7 Å². The molecule has 2 rings (SSSR count). The molecular weight excluding hydrogens is 376 g/mol. The number of ether oxygens (including phenoxy) is 1. The monoisotopic (exact) mass is 410 g/mol. The number of nitrogens with zero attached hydrogens (tertiary/aromatic N) is 1. The molecule has 0 aromatic heterocycles. The van der Waals surface area contributed by atoms with Crippen LogP contribution >= 0.6 is 0 Å². The normalized spacial score (nSPS) is 13.2. The Kier molecular flexibility index (Phi) is 7.79. The standard InChI is InChI=1S/C25H34N2O3/c1-24(2,3)30-23(29)26-21(25(4,5)18-28)17-27(6)22(19-13-9-7-10-14-19)20-15-11-8-12-16-20/h7-16,18,21-22H,17H2,1-6H3,(H,26,29). The van der Waals surface area contributed by atoms with Gasteiger partial charge >= 0.3 is 6.09 Å². The van der Waals surface area contributed by atoms with Gasteiger partial charge in [0.05, 0.1) is 12.1 Å². The van der Waals surface area contributed by atoms with Crippen LogP contribution in [-0.4, -0.2) is 42.5 Å². The Morgan fingerprint density at radius 3 is 1.83 bits per heavy atom. The number of likely N-dealkylation sites (N-methyl/N-ethyl adjacent to an activating group) is 1. The zero-order valence-corrected chi connectivity index (χ0v) is 18.9. The lowest BCUT2D eigenvalue weighted by Gasteiger charge is -2.37. The topological polar surface area (TPSA) is 58.6 Å². The van der Waals surface area contributed by atoms with Crippen molar-refractivity contribution < 1.29 is 14.3 Å². The number of rotatable bonds is 8. The van der Waals surface area contributed by atoms with E-state index in [1.54, 1.807) is 0 Å². The summed E-state index contributed by atoms with van der Waals surface area (Å²) in [7, 11) is 2.01. The minimum absolute atomic E-state index is 0.0159. The smallest absolute Gasteiger partial charge is 0.407 e. The van der Waals surface area contributed by atoms with Crippen molar-refractivity contribution in [2.45, 2.75) is 52.3 Å². The van der Waals surface area contributed by atoms with E-state index < -0.39 is 23.2 Å². The van der Waals surface area contributed by atoms with Gasteiger partial charge in [0.25, 0.3) is 0 Å². The van der Waals surface area contributed by atoms with Crippen molar-refractivity contribution in [1.29, 1.82) is 0 Å². The number of hydrogen-bond donors (Lipinski definition) is 1. The van der Waals surface area contributed by atoms with Crippen molar-refractivity contribution >= 4 is 12.4 Å². The van der Waals surface area contributed by atoms with Crippen molar-refractivity contribution in [3.05, 3.63) is 71.8 Å². The van der Waals surface area contributed by atoms with Gasteiger partial charge in [0.15, 0.2) is 0 Å². The number of carbonyl (C=O) groups is 2. The van der Waals surface area contributed by atoms with Crippen LogP contribution in [-0.2, 0) is 9.53 Å². The molecule has 2 aromatic rings. The summed E-state index contributed by atoms with van der Waals surface area (Å²) in [5.74, 6) is 0. The zero-order chi connectivity index (χ0) is 22.4. The molecule has 0 fully saturated rings. The molecule has 0 aliphatic heterocycles. The van der Waals surface area contributed by atoms with Crippen molar-refractivity contribution in [2.24, 2.45) is 5.41 Å². The molecule has 0 radical (unpaired) electrons. The first-order valence-corrected chi connectivity index (χ1v) is 10.3. The van der Waals surface area contributed by atoms with Crippen molar-refractivity contribution in [1.82, 2.24) is 10.2 Å². The van der Waals surface area contributed by atoms with Gasteiger partial charge in [0, 0.05) is 12.0 Å². The van der Waals surface area contributed by atoms with Gasteiger partial charge in [-0.05, 0) is 38.9 Å². The molecule has 5 heteroatoms. The maximum atomic E-state index is 12.5. The minimum atomic E-state index is -0.761. The first-order valence-electron chi connectivity index (χ1n) is 10.3. The average Bonchev–Trinajstić information content (AvgIpc) is 2.68. The molecular formula is C25H34N2O3. The summed E-state index contributed by atoms with van der Waals surface area (Å²) in [4.78, 5) is 26.4. The van der Waals surface area contributed by atoms with Crippen molar-refractivity contribution in [2.75, 3.05) is 13.6 Å². The highest BCUT2D eigenvalue weighted by molar-refractivity contribution is 5.70. The number of hydrogen-bond acceptors (Lipinski definition) is 4. The summed E-state index contributed by atoms with van der Waals surface area (Å²) >= 11 is 0. The van der Waals surface area contributed by atoms with E-state index in [1.165, 1.54) is 0 Å². The number of nitrogens with one attached hydrogen (secondary N) is 1. The van der Waals surface area contributed by atoms with E-state index in [4.69, 9.17) is 4.74 Å². The van der Waals surface area contributed by atoms with E-state index >= 15 is 0 Å². The van der Waals surface area contributed by atoms with Gasteiger partial charge in [-0.25, -0.2) is 4.79 Å². The zero-order valence-electron chi connectivity index (χ0n) is 18.9. The summed E-state index contributed by atoms with van der Waals surface area (Å²) in [6.07, 6.45) is 0.370. The van der Waals surface area contributed by atoms with Gasteiger partial charge in [0.2, 0.25) is 0 Å². The number of amides is 1. The molecule has 0 aliphatic rings. The summed E-state index contributed by atoms with van der Waals surface area (Å²) in [5.41, 5.74) is 0.920. The van der Waals surface area contributed by atoms with Gasteiger partial charge in [-0.3, -0.25) is 4.90 Å². The number of alkyl carbamates (subject to hydrolysis) is 1. The highest BCUT2D eigenvalue weighted by Crippen LogP contribution is 2.29. The minimum Gasteiger partial charge on any atom is -0.444 e. The fourth-order valence-corrected chi connectivity index (χ4v) is 3.36. The van der Waals surface area contributed by atoms with Gasteiger partial charge in [-0.15, -0.1) is 0 Å². The van der Waals surface area contributed by atoms with E-state index in [0.29, 0.717) is 6.54 Å². The van der Waals surface area contributed by atoms with E-state index in [9.17, 15) is 9.59 Å². The van der Waals surface area contributed by atoms with Crippen LogP contribution in [0.3, 0.4) is 0 Å². The summed E-state index contributed by atoms with van der Waals surface area (Å²) < 4.78 is 5.43. The molecule has 5 nitrogen and oxygen atoms in total. The fraction of sp³-hybridized carbons (Fsp3) is 0.440. The third kappa shape index (κ3) is 6.70. The largest absolute Gasteiger partial charge is 0.444 e. The molecule has 0 saturated carbocycles. The molecule has 1 atom stereocenters. The van der Waals surface area contributed by atoms with Gasteiger partial charge in [-0.2, -0.15) is 0 Å². The Morgan fingerprint density at radius 1 is 0.967 bits per heavy atom. The van der Waals surface area contributed by atoms with Gasteiger partial charge < -0.3 is 14.8 Å². The van der Waals surface area contributed by atoms with Crippen LogP contribution in [0.1, 0.15) is 51.8 Å². The SMILES string of the molecule is CN(CC(NC(=O)OC(C)(C)C)C(C)(C)C=O)C(c1ccccc1)c1ccccc1. The molecule has 0 spiro atoms. The molecule has 162 valence electrons. The van der Waals surface area contributed by atoms with Gasteiger partial charge in [-0.1, -0.05) is 74.5 Å². The third-order valence-corrected chi connectivity index (χ3v) is 5.03. The second-order valence-electron chi connectivity index (χ2n) is 9.30. The Balaban J connectivity index is 2.31. The van der Waals surface area contributed by atoms with Crippen LogP contribution in [0.2, 0.25) is 0 Å². The molecule has 1 unspecified atom stereocenters. The van der Waals surface area contributed by atoms with Crippen molar-refractivity contribution in [3.63, 3.8) is 0 Å². The van der Waals surface area contributed by atoms with E-state index in [-0.39, 0.29) is 6.04 Å². The summed E-state index contributed by atoms with van der Waals surface area (Å²) in [5, 5.41) is 2.92. The summed E-state index contributed by atoms with van der Waals surface area (Å²) in [6, 6.07) is 20.0. The molecule has 1 amide bonds. The highest BCUT2D eigenvalue weighted by atomic mass is 16.6. The molecule has 2 aromatic carbocycles. The first-order chi connectivity index (χ1) is 14.0. The molecule has 0 aliphatic carbocycles. The Bertz CT molecular complexity index is 774. The van der Waals surface area contributed by atoms with Crippen LogP contribution in [0.4, 0.5) is 4.79 Å². The van der Waals surface area contributed by atoms with E-state index in [2.05, 4.69) is 34.5 Å². The molecule has 0 bridgehead atoms. The van der Waals surface area contributed by atoms with Crippen LogP contribution in [0, 0.1) is 5.41 Å². The predicted octanol–water partition coefficient (Wildman–Crippen LogP) is 4.83. The predicted molar refractivity (Wildman–Crippen MR) is 120 cm³/mol. The van der Waals surface area contributed by atoms with Crippen molar-refractivity contribution in [3.8, 4) is 0 Å². The Labute approximate surface area is 180 Å². The lowest BCUT2D eigenvalue weighted by atomic mass is 9.85. The molecule has 0 heterocycles. The average molecular weight is 411 g/mol. The van der Waals surface area contributed by atoms with E-state index in [0.717, 1.165) is 17.4 Å². The maximum absolute atomic E-state index is 12.5. The van der Waals surface area contributed by atoms with Crippen LogP contribution in [0.5, 0.6) is 0 Å².